The van der Waals surface area contributed by atoms with E-state index in [0.29, 0.717) is 38.5 Å². The molecule has 0 saturated heterocycles. The Kier molecular flexibility index (Phi) is 7.02. The van der Waals surface area contributed by atoms with E-state index in [-0.39, 0.29) is 18.1 Å². The Morgan fingerprint density at radius 2 is 1.68 bits per heavy atom. The largest absolute Gasteiger partial charge is 0.489 e. The second-order valence-corrected chi connectivity index (χ2v) is 11.2. The van der Waals surface area contributed by atoms with Crippen molar-refractivity contribution in [3.63, 3.8) is 0 Å². The molecule has 7 heteroatoms. The maximum atomic E-state index is 12.6. The number of aromatic nitrogens is 1. The van der Waals surface area contributed by atoms with Gasteiger partial charge in [-0.2, -0.15) is 0 Å². The number of benzene rings is 3. The van der Waals surface area contributed by atoms with Gasteiger partial charge in [0.15, 0.2) is 0 Å². The van der Waals surface area contributed by atoms with E-state index in [4.69, 9.17) is 32.5 Å². The van der Waals surface area contributed by atoms with Crippen LogP contribution in [0.25, 0.3) is 22.4 Å². The summed E-state index contributed by atoms with van der Waals surface area (Å²) in [7, 11) is 0. The topological polar surface area (TPSA) is 64.4 Å². The normalized spacial score (nSPS) is 13.4. The molecule has 0 unspecified atom stereocenters. The van der Waals surface area contributed by atoms with Gasteiger partial charge >= 0.3 is 0 Å². The van der Waals surface area contributed by atoms with Crippen LogP contribution in [0.5, 0.6) is 5.75 Å². The molecule has 1 aliphatic rings. The van der Waals surface area contributed by atoms with Crippen LogP contribution in [-0.2, 0) is 6.61 Å². The molecular weight excluding hydrogens is 507 g/mol. The van der Waals surface area contributed by atoms with Gasteiger partial charge < -0.3 is 14.6 Å². The molecule has 5 nitrogen and oxygen atoms in total. The van der Waals surface area contributed by atoms with Crippen molar-refractivity contribution in [3.8, 4) is 28.1 Å². The van der Waals surface area contributed by atoms with E-state index in [1.54, 1.807) is 18.2 Å². The van der Waals surface area contributed by atoms with Crippen LogP contribution in [0, 0.1) is 0 Å². The zero-order valence-electron chi connectivity index (χ0n) is 21.0. The third kappa shape index (κ3) is 5.84. The van der Waals surface area contributed by atoms with Gasteiger partial charge in [-0.1, -0.05) is 58.7 Å². The minimum Gasteiger partial charge on any atom is -0.489 e. The van der Waals surface area contributed by atoms with Crippen molar-refractivity contribution in [3.05, 3.63) is 93.7 Å². The minimum atomic E-state index is -0.299. The van der Waals surface area contributed by atoms with Crippen LogP contribution < -0.4 is 10.1 Å². The fourth-order valence-corrected chi connectivity index (χ4v) is 4.78. The van der Waals surface area contributed by atoms with Crippen molar-refractivity contribution in [2.45, 2.75) is 51.7 Å². The molecule has 0 bridgehead atoms. The summed E-state index contributed by atoms with van der Waals surface area (Å²) < 4.78 is 11.9. The molecule has 5 rings (SSSR count). The van der Waals surface area contributed by atoms with Gasteiger partial charge in [0.25, 0.3) is 5.91 Å². The summed E-state index contributed by atoms with van der Waals surface area (Å²) >= 11 is 12.9. The van der Waals surface area contributed by atoms with Crippen molar-refractivity contribution < 1.29 is 14.1 Å². The molecule has 1 saturated carbocycles. The van der Waals surface area contributed by atoms with Crippen LogP contribution >= 0.6 is 23.2 Å². The van der Waals surface area contributed by atoms with E-state index in [0.717, 1.165) is 35.3 Å². The van der Waals surface area contributed by atoms with E-state index in [1.807, 2.05) is 69.3 Å². The first-order chi connectivity index (χ1) is 17.7. The first kappa shape index (κ1) is 25.4. The Balaban J connectivity index is 1.34. The summed E-state index contributed by atoms with van der Waals surface area (Å²) in [6, 6.07) is 20.8. The predicted molar refractivity (Wildman–Crippen MR) is 147 cm³/mol. The van der Waals surface area contributed by atoms with Gasteiger partial charge in [0.2, 0.25) is 0 Å². The fourth-order valence-electron chi connectivity index (χ4n) is 4.20. The monoisotopic (exact) mass is 534 g/mol. The second kappa shape index (κ2) is 10.2. The molecule has 0 aliphatic heterocycles. The summed E-state index contributed by atoms with van der Waals surface area (Å²) in [5.41, 5.74) is 4.43. The summed E-state index contributed by atoms with van der Waals surface area (Å²) in [6.45, 7) is 6.18. The molecule has 0 radical (unpaired) electrons. The molecule has 0 spiro atoms. The lowest BCUT2D eigenvalue weighted by molar-refractivity contribution is 0.0919. The van der Waals surface area contributed by atoms with Crippen molar-refractivity contribution in [1.82, 2.24) is 10.5 Å². The lowest BCUT2D eigenvalue weighted by Gasteiger charge is -2.20. The smallest absolute Gasteiger partial charge is 0.251 e. The van der Waals surface area contributed by atoms with Crippen LogP contribution in [0.15, 0.2) is 71.3 Å². The molecule has 4 aromatic rings. The van der Waals surface area contributed by atoms with Crippen molar-refractivity contribution in [2.24, 2.45) is 0 Å². The number of nitrogens with zero attached hydrogens (tertiary/aromatic N) is 1. The molecular formula is C30H28Cl2N2O3. The Morgan fingerprint density at radius 1 is 1.00 bits per heavy atom. The van der Waals surface area contributed by atoms with Gasteiger partial charge in [-0.25, -0.2) is 0 Å². The lowest BCUT2D eigenvalue weighted by Crippen LogP contribution is -2.40. The molecule has 1 aromatic heterocycles. The number of rotatable bonds is 7. The third-order valence-corrected chi connectivity index (χ3v) is 6.78. The number of nitrogens with one attached hydrogen (secondary N) is 1. The summed E-state index contributed by atoms with van der Waals surface area (Å²) in [4.78, 5) is 12.6. The molecule has 1 N–H and O–H groups in total. The van der Waals surface area contributed by atoms with Crippen molar-refractivity contribution >= 4 is 29.1 Å². The summed E-state index contributed by atoms with van der Waals surface area (Å²) in [5.74, 6) is 1.81. The average molecular weight is 535 g/mol. The second-order valence-electron chi connectivity index (χ2n) is 10.3. The van der Waals surface area contributed by atoms with Crippen LogP contribution in [-0.4, -0.2) is 16.6 Å². The van der Waals surface area contributed by atoms with Crippen molar-refractivity contribution in [1.29, 1.82) is 0 Å². The Morgan fingerprint density at radius 3 is 2.32 bits per heavy atom. The first-order valence-electron chi connectivity index (χ1n) is 12.3. The van der Waals surface area contributed by atoms with E-state index < -0.39 is 0 Å². The SMILES string of the molecule is CC(C)(C)NC(=O)c1cccc(-c2ccc(OCc3c(-c4c(Cl)cccc4Cl)noc3C3CC3)cc2)c1. The van der Waals surface area contributed by atoms with E-state index in [2.05, 4.69) is 10.5 Å². The number of halogens is 2. The fraction of sp³-hybridized carbons (Fsp3) is 0.267. The molecule has 3 aromatic carbocycles. The van der Waals surface area contributed by atoms with Gasteiger partial charge in [-0.3, -0.25) is 4.79 Å². The van der Waals surface area contributed by atoms with Crippen LogP contribution in [0.3, 0.4) is 0 Å². The number of carbonyl (C=O) groups excluding carboxylic acids is 1. The first-order valence-corrected chi connectivity index (χ1v) is 13.0. The van der Waals surface area contributed by atoms with Crippen molar-refractivity contribution in [2.75, 3.05) is 0 Å². The summed E-state index contributed by atoms with van der Waals surface area (Å²) in [6.07, 6.45) is 2.14. The Hall–Kier alpha value is -3.28. The lowest BCUT2D eigenvalue weighted by atomic mass is 10.0. The van der Waals surface area contributed by atoms with Gasteiger partial charge in [0.1, 0.15) is 23.8 Å². The van der Waals surface area contributed by atoms with Gasteiger partial charge in [0.05, 0.1) is 15.6 Å². The highest BCUT2D eigenvalue weighted by atomic mass is 35.5. The molecule has 190 valence electrons. The highest BCUT2D eigenvalue weighted by Crippen LogP contribution is 2.46. The average Bonchev–Trinajstić information content (AvgIpc) is 3.62. The van der Waals surface area contributed by atoms with Gasteiger partial charge in [0, 0.05) is 22.6 Å². The number of carbonyl (C=O) groups is 1. The van der Waals surface area contributed by atoms with Gasteiger partial charge in [-0.15, -0.1) is 0 Å². The minimum absolute atomic E-state index is 0.0936. The zero-order valence-corrected chi connectivity index (χ0v) is 22.5. The molecule has 0 atom stereocenters. The van der Waals surface area contributed by atoms with Crippen LogP contribution in [0.1, 0.15) is 61.2 Å². The molecule has 1 amide bonds. The molecule has 37 heavy (non-hydrogen) atoms. The van der Waals surface area contributed by atoms with Crippen LogP contribution in [0.4, 0.5) is 0 Å². The predicted octanol–water partition coefficient (Wildman–Crippen LogP) is 8.30. The van der Waals surface area contributed by atoms with Crippen LogP contribution in [0.2, 0.25) is 10.0 Å². The number of amides is 1. The maximum Gasteiger partial charge on any atom is 0.251 e. The standard InChI is InChI=1S/C30H28Cl2N2O3/c1-30(2,3)33-29(35)21-7-4-6-20(16-21)18-12-14-22(15-13-18)36-17-23-27(34-37-28(23)19-10-11-19)26-24(31)8-5-9-25(26)32/h4-9,12-16,19H,10-11,17H2,1-3H3,(H,33,35). The molecule has 1 heterocycles. The highest BCUT2D eigenvalue weighted by Gasteiger charge is 2.33. The number of hydrogen-bond acceptors (Lipinski definition) is 4. The Labute approximate surface area is 226 Å². The number of ether oxygens (including phenoxy) is 1. The van der Waals surface area contributed by atoms with E-state index >= 15 is 0 Å². The quantitative estimate of drug-likeness (QED) is 0.259. The van der Waals surface area contributed by atoms with Gasteiger partial charge in [-0.05, 0) is 81.1 Å². The van der Waals surface area contributed by atoms with E-state index in [1.165, 1.54) is 0 Å². The summed E-state index contributed by atoms with van der Waals surface area (Å²) in [5, 5.41) is 8.37. The number of hydrogen-bond donors (Lipinski definition) is 1. The molecule has 1 aliphatic carbocycles. The molecule has 1 fully saturated rings. The highest BCUT2D eigenvalue weighted by molar-refractivity contribution is 6.39. The zero-order chi connectivity index (χ0) is 26.2. The third-order valence-electron chi connectivity index (χ3n) is 6.15. The van der Waals surface area contributed by atoms with E-state index in [9.17, 15) is 4.79 Å². The Bertz CT molecular complexity index is 1410. The maximum absolute atomic E-state index is 12.6.